The molecular weight excluding hydrogens is 338 g/mol. The highest BCUT2D eigenvalue weighted by Crippen LogP contribution is 2.17. The van der Waals surface area contributed by atoms with Crippen molar-refractivity contribution in [3.8, 4) is 0 Å². The number of esters is 2. The number of hydrogen-bond donors (Lipinski definition) is 1. The minimum Gasteiger partial charge on any atom is -0.469 e. The van der Waals surface area contributed by atoms with Crippen LogP contribution in [-0.2, 0) is 30.4 Å². The zero-order valence-corrected chi connectivity index (χ0v) is 15.9. The molecule has 0 aliphatic rings. The van der Waals surface area contributed by atoms with Crippen LogP contribution < -0.4 is 5.32 Å². The van der Waals surface area contributed by atoms with Crippen LogP contribution in [0, 0.1) is 5.92 Å². The summed E-state index contributed by atoms with van der Waals surface area (Å²) in [7, 11) is 1.23. The number of carbonyl (C=O) groups is 3. The molecule has 1 aromatic carbocycles. The molecule has 7 nitrogen and oxygen atoms in total. The predicted molar refractivity (Wildman–Crippen MR) is 95.2 cm³/mol. The fraction of sp³-hybridized carbons (Fsp3) is 0.526. The van der Waals surface area contributed by atoms with Gasteiger partial charge in [0.15, 0.2) is 0 Å². The number of ether oxygens (including phenoxy) is 3. The Morgan fingerprint density at radius 3 is 2.19 bits per heavy atom. The van der Waals surface area contributed by atoms with Crippen LogP contribution in [0.4, 0.5) is 4.79 Å². The van der Waals surface area contributed by atoms with Gasteiger partial charge in [0.05, 0.1) is 13.0 Å². The molecule has 2 atom stereocenters. The maximum atomic E-state index is 12.5. The highest BCUT2D eigenvalue weighted by Gasteiger charge is 2.37. The first-order valence-electron chi connectivity index (χ1n) is 8.45. The molecule has 1 aromatic rings. The number of carbonyl (C=O) groups excluding carboxylic acids is 3. The number of alkyl carbamates (subject to hydrolysis) is 1. The van der Waals surface area contributed by atoms with Gasteiger partial charge >= 0.3 is 18.0 Å². The predicted octanol–water partition coefficient (Wildman–Crippen LogP) is 2.82. The lowest BCUT2D eigenvalue weighted by atomic mass is 9.96. The highest BCUT2D eigenvalue weighted by molar-refractivity contribution is 5.88. The third-order valence-electron chi connectivity index (χ3n) is 3.49. The molecule has 0 radical (unpaired) electrons. The summed E-state index contributed by atoms with van der Waals surface area (Å²) in [6, 6.07) is 7.92. The number of benzene rings is 1. The highest BCUT2D eigenvalue weighted by atomic mass is 16.6. The molecule has 0 fully saturated rings. The summed E-state index contributed by atoms with van der Waals surface area (Å²) in [4.78, 5) is 36.6. The maximum absolute atomic E-state index is 12.5. The smallest absolute Gasteiger partial charge is 0.408 e. The van der Waals surface area contributed by atoms with E-state index in [0.29, 0.717) is 0 Å². The number of amides is 1. The second-order valence-corrected chi connectivity index (χ2v) is 6.76. The largest absolute Gasteiger partial charge is 0.469 e. The van der Waals surface area contributed by atoms with E-state index in [1.807, 2.05) is 30.3 Å². The standard InChI is InChI=1S/C19H27NO6/c1-6-14(16(21)24-5)15(17(22)26-19(2,3)4)20-18(23)25-12-13-10-8-7-9-11-13/h7-11,14-15H,6,12H2,1-5H3,(H,20,23)/t14-,15+/m1/s1. The average Bonchev–Trinajstić information content (AvgIpc) is 2.58. The summed E-state index contributed by atoms with van der Waals surface area (Å²) in [5, 5.41) is 2.44. The normalized spacial score (nSPS) is 13.3. The Hall–Kier alpha value is -2.57. The van der Waals surface area contributed by atoms with Crippen molar-refractivity contribution in [2.24, 2.45) is 5.92 Å². The summed E-state index contributed by atoms with van der Waals surface area (Å²) < 4.78 is 15.2. The molecule has 0 bridgehead atoms. The van der Waals surface area contributed by atoms with Gasteiger partial charge in [0.25, 0.3) is 0 Å². The van der Waals surface area contributed by atoms with Crippen molar-refractivity contribution in [2.75, 3.05) is 7.11 Å². The van der Waals surface area contributed by atoms with Crippen LogP contribution >= 0.6 is 0 Å². The van der Waals surface area contributed by atoms with Crippen molar-refractivity contribution < 1.29 is 28.6 Å². The molecular formula is C19H27NO6. The Bertz CT molecular complexity index is 608. The van der Waals surface area contributed by atoms with E-state index in [1.54, 1.807) is 27.7 Å². The topological polar surface area (TPSA) is 90.9 Å². The van der Waals surface area contributed by atoms with Crippen molar-refractivity contribution in [1.82, 2.24) is 5.32 Å². The molecule has 0 unspecified atom stereocenters. The van der Waals surface area contributed by atoms with E-state index in [1.165, 1.54) is 7.11 Å². The van der Waals surface area contributed by atoms with Crippen LogP contribution in [-0.4, -0.2) is 36.8 Å². The summed E-state index contributed by atoms with van der Waals surface area (Å²) in [6.07, 6.45) is -0.526. The summed E-state index contributed by atoms with van der Waals surface area (Å²) >= 11 is 0. The van der Waals surface area contributed by atoms with Gasteiger partial charge < -0.3 is 19.5 Å². The van der Waals surface area contributed by atoms with Crippen LogP contribution in [0.15, 0.2) is 30.3 Å². The maximum Gasteiger partial charge on any atom is 0.408 e. The lowest BCUT2D eigenvalue weighted by Gasteiger charge is -2.27. The summed E-state index contributed by atoms with van der Waals surface area (Å²) in [5.41, 5.74) is 0.0378. The second kappa shape index (κ2) is 9.79. The van der Waals surface area contributed by atoms with E-state index in [0.717, 1.165) is 5.56 Å². The first-order valence-corrected chi connectivity index (χ1v) is 8.45. The van der Waals surface area contributed by atoms with E-state index in [9.17, 15) is 14.4 Å². The van der Waals surface area contributed by atoms with Crippen molar-refractivity contribution in [2.45, 2.75) is 52.4 Å². The molecule has 7 heteroatoms. The number of hydrogen-bond acceptors (Lipinski definition) is 6. The van der Waals surface area contributed by atoms with Gasteiger partial charge in [-0.25, -0.2) is 9.59 Å². The molecule has 0 saturated heterocycles. The van der Waals surface area contributed by atoms with Crippen molar-refractivity contribution in [1.29, 1.82) is 0 Å². The van der Waals surface area contributed by atoms with Crippen LogP contribution in [0.3, 0.4) is 0 Å². The zero-order valence-electron chi connectivity index (χ0n) is 15.9. The minimum absolute atomic E-state index is 0.0444. The zero-order chi connectivity index (χ0) is 19.7. The second-order valence-electron chi connectivity index (χ2n) is 6.76. The molecule has 0 saturated carbocycles. The van der Waals surface area contributed by atoms with Gasteiger partial charge in [0.2, 0.25) is 0 Å². The Kier molecular flexibility index (Phi) is 8.09. The van der Waals surface area contributed by atoms with E-state index in [2.05, 4.69) is 5.32 Å². The fourth-order valence-electron chi connectivity index (χ4n) is 2.27. The van der Waals surface area contributed by atoms with E-state index in [4.69, 9.17) is 14.2 Å². The quantitative estimate of drug-likeness (QED) is 0.590. The Morgan fingerprint density at radius 1 is 1.08 bits per heavy atom. The van der Waals surface area contributed by atoms with E-state index in [-0.39, 0.29) is 13.0 Å². The molecule has 0 heterocycles. The molecule has 1 amide bonds. The lowest BCUT2D eigenvalue weighted by Crippen LogP contribution is -2.51. The van der Waals surface area contributed by atoms with Gasteiger partial charge in [0.1, 0.15) is 18.2 Å². The van der Waals surface area contributed by atoms with Crippen molar-refractivity contribution in [3.63, 3.8) is 0 Å². The van der Waals surface area contributed by atoms with Crippen molar-refractivity contribution >= 4 is 18.0 Å². The summed E-state index contributed by atoms with van der Waals surface area (Å²) in [5.74, 6) is -2.20. The van der Waals surface area contributed by atoms with Crippen LogP contribution in [0.5, 0.6) is 0 Å². The van der Waals surface area contributed by atoms with E-state index >= 15 is 0 Å². The molecule has 1 rings (SSSR count). The number of rotatable bonds is 7. The monoisotopic (exact) mass is 365 g/mol. The molecule has 0 spiro atoms. The lowest BCUT2D eigenvalue weighted by molar-refractivity contribution is -0.164. The molecule has 0 aliphatic heterocycles. The Labute approximate surface area is 154 Å². The van der Waals surface area contributed by atoms with Crippen LogP contribution in [0.1, 0.15) is 39.7 Å². The Morgan fingerprint density at radius 2 is 1.69 bits per heavy atom. The van der Waals surface area contributed by atoms with E-state index < -0.39 is 35.6 Å². The van der Waals surface area contributed by atoms with Crippen LogP contribution in [0.25, 0.3) is 0 Å². The van der Waals surface area contributed by atoms with Crippen LogP contribution in [0.2, 0.25) is 0 Å². The van der Waals surface area contributed by atoms with Gasteiger partial charge in [-0.2, -0.15) is 0 Å². The third kappa shape index (κ3) is 7.13. The van der Waals surface area contributed by atoms with Gasteiger partial charge in [-0.1, -0.05) is 37.3 Å². The average molecular weight is 365 g/mol. The Balaban J connectivity index is 2.84. The first kappa shape index (κ1) is 21.5. The number of methoxy groups -OCH3 is 1. The molecule has 1 N–H and O–H groups in total. The SMILES string of the molecule is CC[C@@H](C(=O)OC)[C@H](NC(=O)OCc1ccccc1)C(=O)OC(C)(C)C. The fourth-order valence-corrected chi connectivity index (χ4v) is 2.27. The molecule has 0 aliphatic carbocycles. The first-order chi connectivity index (χ1) is 12.2. The minimum atomic E-state index is -1.20. The summed E-state index contributed by atoms with van der Waals surface area (Å²) in [6.45, 7) is 6.87. The van der Waals surface area contributed by atoms with Gasteiger partial charge in [0, 0.05) is 0 Å². The van der Waals surface area contributed by atoms with Gasteiger partial charge in [-0.15, -0.1) is 0 Å². The molecule has 144 valence electrons. The number of nitrogens with one attached hydrogen (secondary N) is 1. The van der Waals surface area contributed by atoms with Crippen molar-refractivity contribution in [3.05, 3.63) is 35.9 Å². The third-order valence-corrected chi connectivity index (χ3v) is 3.49. The van der Waals surface area contributed by atoms with Gasteiger partial charge in [-0.05, 0) is 32.8 Å². The molecule has 0 aromatic heterocycles. The molecule has 26 heavy (non-hydrogen) atoms. The van der Waals surface area contributed by atoms with Gasteiger partial charge in [-0.3, -0.25) is 4.79 Å².